The van der Waals surface area contributed by atoms with E-state index >= 15 is 0 Å². The van der Waals surface area contributed by atoms with Gasteiger partial charge in [-0.3, -0.25) is 18.9 Å². The van der Waals surface area contributed by atoms with Crippen molar-refractivity contribution in [3.63, 3.8) is 0 Å². The van der Waals surface area contributed by atoms with Gasteiger partial charge in [-0.2, -0.15) is 5.10 Å². The van der Waals surface area contributed by atoms with E-state index in [1.165, 1.54) is 0 Å². The highest BCUT2D eigenvalue weighted by Crippen LogP contribution is 2.27. The fraction of sp³-hybridized carbons (Fsp3) is 0.258. The molecule has 0 fully saturated rings. The van der Waals surface area contributed by atoms with E-state index in [9.17, 15) is 4.79 Å². The average molecular weight is 531 g/mol. The summed E-state index contributed by atoms with van der Waals surface area (Å²) in [7, 11) is 0. The standard InChI is InChI=1S/C31H30N8O/c1-3-24-31-22(7-5-9-25(31)39(36-24)19-23-8-4-6-20(2)35-23)14-28(40)27-17-33-29-15-21(10-12-37(27)29)26-16-34-30-18-32-11-13-38(26)30/h4-10,12,15-17,32H,3,11,13-14,18-19H2,1-2H3. The van der Waals surface area contributed by atoms with E-state index < -0.39 is 0 Å². The van der Waals surface area contributed by atoms with Crippen LogP contribution in [0.5, 0.6) is 0 Å². The van der Waals surface area contributed by atoms with Crippen LogP contribution in [0.15, 0.2) is 67.1 Å². The van der Waals surface area contributed by atoms with Gasteiger partial charge in [-0.15, -0.1) is 0 Å². The molecule has 0 saturated heterocycles. The largest absolute Gasteiger partial charge is 0.326 e. The summed E-state index contributed by atoms with van der Waals surface area (Å²) >= 11 is 0. The second kappa shape index (κ2) is 9.84. The summed E-state index contributed by atoms with van der Waals surface area (Å²) in [5.74, 6) is 1.06. The number of fused-ring (bicyclic) bond motifs is 3. The molecule has 0 atom stereocenters. The second-order valence-electron chi connectivity index (χ2n) is 10.3. The van der Waals surface area contributed by atoms with Gasteiger partial charge in [-0.25, -0.2) is 9.97 Å². The zero-order valence-electron chi connectivity index (χ0n) is 22.6. The van der Waals surface area contributed by atoms with E-state index in [1.807, 2.05) is 70.9 Å². The lowest BCUT2D eigenvalue weighted by Gasteiger charge is -2.17. The number of pyridine rings is 2. The Kier molecular flexibility index (Phi) is 6.00. The number of nitrogens with zero attached hydrogens (tertiary/aromatic N) is 7. The second-order valence-corrected chi connectivity index (χ2v) is 10.3. The van der Waals surface area contributed by atoms with E-state index in [-0.39, 0.29) is 12.2 Å². The summed E-state index contributed by atoms with van der Waals surface area (Å²) in [5.41, 5.74) is 8.39. The van der Waals surface area contributed by atoms with Gasteiger partial charge in [-0.1, -0.05) is 25.1 Å². The Balaban J connectivity index is 1.20. The van der Waals surface area contributed by atoms with Crippen molar-refractivity contribution in [3.8, 4) is 11.3 Å². The molecular weight excluding hydrogens is 500 g/mol. The van der Waals surface area contributed by atoms with Crippen LogP contribution in [0.3, 0.4) is 0 Å². The minimum Gasteiger partial charge on any atom is -0.326 e. The molecule has 5 aromatic heterocycles. The molecule has 1 aromatic carbocycles. The summed E-state index contributed by atoms with van der Waals surface area (Å²) in [6.07, 6.45) is 6.60. The summed E-state index contributed by atoms with van der Waals surface area (Å²) in [6.45, 7) is 7.27. The maximum absolute atomic E-state index is 13.7. The Bertz CT molecular complexity index is 1890. The monoisotopic (exact) mass is 530 g/mol. The lowest BCUT2D eigenvalue weighted by Crippen LogP contribution is -2.28. The molecule has 1 aliphatic rings. The molecular formula is C31H30N8O. The summed E-state index contributed by atoms with van der Waals surface area (Å²) in [4.78, 5) is 27.5. The number of benzene rings is 1. The molecule has 0 unspecified atom stereocenters. The molecule has 7 rings (SSSR count). The van der Waals surface area contributed by atoms with Crippen LogP contribution in [0, 0.1) is 6.92 Å². The summed E-state index contributed by atoms with van der Waals surface area (Å²) < 4.78 is 6.14. The Morgan fingerprint density at radius 2 is 1.98 bits per heavy atom. The van der Waals surface area contributed by atoms with Crippen LogP contribution in [0.4, 0.5) is 0 Å². The first kappa shape index (κ1) is 24.4. The van der Waals surface area contributed by atoms with Crippen molar-refractivity contribution < 1.29 is 4.79 Å². The molecule has 0 bridgehead atoms. The molecule has 9 heteroatoms. The van der Waals surface area contributed by atoms with Crippen molar-refractivity contribution in [1.82, 2.24) is 39.0 Å². The van der Waals surface area contributed by atoms with Crippen molar-refractivity contribution >= 4 is 22.3 Å². The highest BCUT2D eigenvalue weighted by molar-refractivity contribution is 5.99. The highest BCUT2D eigenvalue weighted by atomic mass is 16.1. The SMILES string of the molecule is CCc1nn(Cc2cccc(C)n2)c2cccc(CC(=O)c3cnc4cc(-c5cnc6n5CCNC6)ccn34)c12. The van der Waals surface area contributed by atoms with Crippen molar-refractivity contribution in [2.45, 2.75) is 46.3 Å². The molecule has 0 saturated carbocycles. The molecule has 0 radical (unpaired) electrons. The average Bonchev–Trinajstić information content (AvgIpc) is 3.68. The van der Waals surface area contributed by atoms with Crippen molar-refractivity contribution in [2.75, 3.05) is 6.54 Å². The van der Waals surface area contributed by atoms with Gasteiger partial charge in [0, 0.05) is 42.4 Å². The van der Waals surface area contributed by atoms with Crippen LogP contribution < -0.4 is 5.32 Å². The first-order chi connectivity index (χ1) is 19.6. The zero-order chi connectivity index (χ0) is 27.2. The van der Waals surface area contributed by atoms with Crippen LogP contribution in [-0.2, 0) is 32.5 Å². The van der Waals surface area contributed by atoms with Crippen molar-refractivity contribution in [3.05, 3.63) is 101 Å². The molecule has 1 aliphatic heterocycles. The number of aromatic nitrogens is 7. The molecule has 9 nitrogen and oxygen atoms in total. The third kappa shape index (κ3) is 4.19. The lowest BCUT2D eigenvalue weighted by atomic mass is 10.0. The van der Waals surface area contributed by atoms with E-state index in [2.05, 4.69) is 37.8 Å². The lowest BCUT2D eigenvalue weighted by molar-refractivity contribution is 0.0987. The molecule has 0 aliphatic carbocycles. The molecule has 200 valence electrons. The van der Waals surface area contributed by atoms with Gasteiger partial charge in [0.25, 0.3) is 0 Å². The van der Waals surface area contributed by atoms with Crippen molar-refractivity contribution in [2.24, 2.45) is 0 Å². The van der Waals surface area contributed by atoms with Crippen LogP contribution >= 0.6 is 0 Å². The zero-order valence-corrected chi connectivity index (χ0v) is 22.6. The Morgan fingerprint density at radius 1 is 1.07 bits per heavy atom. The summed E-state index contributed by atoms with van der Waals surface area (Å²) in [6, 6.07) is 16.2. The predicted octanol–water partition coefficient (Wildman–Crippen LogP) is 4.39. The molecule has 40 heavy (non-hydrogen) atoms. The van der Waals surface area contributed by atoms with E-state index in [1.54, 1.807) is 6.20 Å². The Hall–Kier alpha value is -4.63. The van der Waals surface area contributed by atoms with Gasteiger partial charge < -0.3 is 9.88 Å². The Morgan fingerprint density at radius 3 is 2.85 bits per heavy atom. The number of Topliss-reactive ketones (excluding diaryl/α,β-unsaturated/α-hetero) is 1. The van der Waals surface area contributed by atoms with Crippen LogP contribution in [0.2, 0.25) is 0 Å². The molecule has 0 amide bonds. The topological polar surface area (TPSA) is 94.9 Å². The number of carbonyl (C=O) groups excluding carboxylic acids is 1. The highest BCUT2D eigenvalue weighted by Gasteiger charge is 2.20. The van der Waals surface area contributed by atoms with Gasteiger partial charge in [0.05, 0.1) is 48.1 Å². The van der Waals surface area contributed by atoms with Gasteiger partial charge in [0.2, 0.25) is 0 Å². The van der Waals surface area contributed by atoms with Crippen molar-refractivity contribution in [1.29, 1.82) is 0 Å². The van der Waals surface area contributed by atoms with E-state index in [4.69, 9.17) is 5.10 Å². The summed E-state index contributed by atoms with van der Waals surface area (Å²) in [5, 5.41) is 9.33. The van der Waals surface area contributed by atoms with Gasteiger partial charge >= 0.3 is 0 Å². The molecule has 0 spiro atoms. The first-order valence-corrected chi connectivity index (χ1v) is 13.7. The number of carbonyl (C=O) groups is 1. The minimum atomic E-state index is 0.0238. The van der Waals surface area contributed by atoms with Gasteiger partial charge in [0.1, 0.15) is 17.2 Å². The first-order valence-electron chi connectivity index (χ1n) is 13.7. The van der Waals surface area contributed by atoms with Crippen LogP contribution in [0.1, 0.15) is 45.9 Å². The number of imidazole rings is 2. The van der Waals surface area contributed by atoms with Crippen LogP contribution in [0.25, 0.3) is 27.8 Å². The molecule has 6 aromatic rings. The minimum absolute atomic E-state index is 0.0238. The number of hydrogen-bond donors (Lipinski definition) is 1. The fourth-order valence-corrected chi connectivity index (χ4v) is 5.78. The number of rotatable bonds is 7. The third-order valence-electron chi connectivity index (χ3n) is 7.71. The van der Waals surface area contributed by atoms with E-state index in [0.717, 1.165) is 82.3 Å². The third-order valence-corrected chi connectivity index (χ3v) is 7.71. The molecule has 6 heterocycles. The Labute approximate surface area is 231 Å². The maximum Gasteiger partial charge on any atom is 0.185 e. The van der Waals surface area contributed by atoms with Gasteiger partial charge in [-0.05, 0) is 49.2 Å². The molecule has 1 N–H and O–H groups in total. The fourth-order valence-electron chi connectivity index (χ4n) is 5.78. The van der Waals surface area contributed by atoms with E-state index in [0.29, 0.717) is 12.2 Å². The smallest absolute Gasteiger partial charge is 0.185 e. The maximum atomic E-state index is 13.7. The van der Waals surface area contributed by atoms with Crippen LogP contribution in [-0.4, -0.2) is 46.0 Å². The normalized spacial score (nSPS) is 13.2. The predicted molar refractivity (Wildman–Crippen MR) is 153 cm³/mol. The number of nitrogens with one attached hydrogen (secondary N) is 1. The number of ketones is 1. The number of aryl methyl sites for hydroxylation is 2. The van der Waals surface area contributed by atoms with Gasteiger partial charge in [0.15, 0.2) is 5.78 Å². The number of hydrogen-bond acceptors (Lipinski definition) is 6. The quantitative estimate of drug-likeness (QED) is 0.308.